The minimum atomic E-state index is -5.06. The number of fused-ring (bicyclic) bond motifs is 1. The molecule has 2 saturated heterocycles. The topological polar surface area (TPSA) is 66.8 Å². The Morgan fingerprint density at radius 1 is 1.13 bits per heavy atom. The third-order valence-electron chi connectivity index (χ3n) is 5.16. The minimum absolute atomic E-state index is 0.00326. The van der Waals surface area contributed by atoms with E-state index in [1.807, 2.05) is 0 Å². The molecule has 2 aliphatic heterocycles. The fourth-order valence-corrected chi connectivity index (χ4v) is 7.24. The molecule has 13 heteroatoms. The van der Waals surface area contributed by atoms with Gasteiger partial charge in [-0.1, -0.05) is 25.6 Å². The van der Waals surface area contributed by atoms with Crippen molar-refractivity contribution in [2.24, 2.45) is 10.9 Å². The zero-order valence-corrected chi connectivity index (χ0v) is 17.9. The number of benzene rings is 1. The fraction of sp³-hybridized carbons (Fsp3) is 0.556. The maximum atomic E-state index is 13.3. The van der Waals surface area contributed by atoms with Gasteiger partial charge in [-0.05, 0) is 24.6 Å². The maximum absolute atomic E-state index is 13.3. The molecule has 1 amide bonds. The molecule has 0 saturated carbocycles. The number of thioether (sulfide) groups is 1. The van der Waals surface area contributed by atoms with Crippen LogP contribution in [0.5, 0.6) is 0 Å². The number of hydrogen-bond acceptors (Lipinski definition) is 4. The Morgan fingerprint density at radius 3 is 2.16 bits per heavy atom. The van der Waals surface area contributed by atoms with Gasteiger partial charge >= 0.3 is 12.4 Å². The smallest absolute Gasteiger partial charge is 0.316 e. The lowest BCUT2D eigenvalue weighted by molar-refractivity contribution is -0.143. The number of amides is 1. The van der Waals surface area contributed by atoms with E-state index in [0.29, 0.717) is 18.6 Å². The van der Waals surface area contributed by atoms with Crippen LogP contribution in [0.1, 0.15) is 31.4 Å². The molecule has 0 N–H and O–H groups in total. The van der Waals surface area contributed by atoms with Gasteiger partial charge in [0.25, 0.3) is 5.91 Å². The molecule has 2 heterocycles. The van der Waals surface area contributed by atoms with Gasteiger partial charge in [0.2, 0.25) is 0 Å². The molecule has 0 radical (unpaired) electrons. The van der Waals surface area contributed by atoms with Gasteiger partial charge in [0.15, 0.2) is 15.0 Å². The van der Waals surface area contributed by atoms with E-state index in [1.54, 1.807) is 13.8 Å². The van der Waals surface area contributed by atoms with E-state index < -0.39 is 67.9 Å². The molecule has 172 valence electrons. The summed E-state index contributed by atoms with van der Waals surface area (Å²) in [5.74, 6) is -1.86. The second-order valence-corrected chi connectivity index (χ2v) is 10.8. The summed E-state index contributed by atoms with van der Waals surface area (Å²) < 4.78 is 104. The molecule has 0 aliphatic carbocycles. The van der Waals surface area contributed by atoms with E-state index in [-0.39, 0.29) is 17.0 Å². The molecule has 0 spiro atoms. The van der Waals surface area contributed by atoms with Crippen molar-refractivity contribution < 1.29 is 39.6 Å². The van der Waals surface area contributed by atoms with Crippen LogP contribution in [0.3, 0.4) is 0 Å². The minimum Gasteiger partial charge on any atom is -0.316 e. The molecule has 0 aromatic heterocycles. The molecule has 0 bridgehead atoms. The van der Waals surface area contributed by atoms with Crippen molar-refractivity contribution in [1.82, 2.24) is 0 Å². The quantitative estimate of drug-likeness (QED) is 0.592. The van der Waals surface area contributed by atoms with E-state index in [4.69, 9.17) is 0 Å². The molecule has 3 atom stereocenters. The van der Waals surface area contributed by atoms with Gasteiger partial charge < -0.3 is 4.90 Å². The van der Waals surface area contributed by atoms with Crippen LogP contribution in [-0.4, -0.2) is 42.3 Å². The average molecular weight is 488 g/mol. The number of sulfone groups is 1. The lowest BCUT2D eigenvalue weighted by atomic mass is 10.1. The molecule has 31 heavy (non-hydrogen) atoms. The number of halogens is 6. The Labute approximate surface area is 178 Å². The second kappa shape index (κ2) is 7.98. The summed E-state index contributed by atoms with van der Waals surface area (Å²) in [6, 6.07) is 0.109. The van der Waals surface area contributed by atoms with Gasteiger partial charge in [0.05, 0.1) is 28.7 Å². The molecule has 0 unspecified atom stereocenters. The molecule has 3 rings (SSSR count). The summed E-state index contributed by atoms with van der Waals surface area (Å²) in [7, 11) is -3.54. The largest absolute Gasteiger partial charge is 0.416 e. The number of rotatable bonds is 3. The van der Waals surface area contributed by atoms with Crippen molar-refractivity contribution in [1.29, 1.82) is 0 Å². The first kappa shape index (κ1) is 23.9. The van der Waals surface area contributed by atoms with Crippen molar-refractivity contribution in [3.8, 4) is 0 Å². The summed E-state index contributed by atoms with van der Waals surface area (Å²) in [6.07, 6.45) is -9.69. The van der Waals surface area contributed by atoms with Crippen molar-refractivity contribution in [2.75, 3.05) is 16.4 Å². The number of nitrogens with zero attached hydrogens (tertiary/aromatic N) is 2. The van der Waals surface area contributed by atoms with Crippen molar-refractivity contribution >= 4 is 38.4 Å². The SMILES string of the molecule is CC[C@H](C)C(=O)N=C1S[C@@H]2CS(=O)(=O)C[C@H]2N1c1cc(C(F)(F)F)cc(C(F)(F)F)c1. The third kappa shape index (κ3) is 5.02. The Kier molecular flexibility index (Phi) is 6.15. The highest BCUT2D eigenvalue weighted by Gasteiger charge is 2.50. The first-order chi connectivity index (χ1) is 14.1. The number of amidine groups is 1. The van der Waals surface area contributed by atoms with E-state index >= 15 is 0 Å². The van der Waals surface area contributed by atoms with Crippen LogP contribution < -0.4 is 4.90 Å². The highest BCUT2D eigenvalue weighted by molar-refractivity contribution is 8.16. The first-order valence-electron chi connectivity index (χ1n) is 9.20. The normalized spacial score (nSPS) is 25.7. The third-order valence-corrected chi connectivity index (χ3v) is 8.37. The molecule has 2 aliphatic rings. The van der Waals surface area contributed by atoms with E-state index in [9.17, 15) is 39.6 Å². The van der Waals surface area contributed by atoms with Crippen LogP contribution in [0.15, 0.2) is 23.2 Å². The van der Waals surface area contributed by atoms with Crippen molar-refractivity contribution in [2.45, 2.75) is 43.9 Å². The second-order valence-electron chi connectivity index (χ2n) is 7.48. The molecule has 1 aromatic carbocycles. The summed E-state index contributed by atoms with van der Waals surface area (Å²) in [5, 5.41) is -0.750. The maximum Gasteiger partial charge on any atom is 0.416 e. The number of aliphatic imine (C=N–C) groups is 1. The van der Waals surface area contributed by atoms with Crippen LogP contribution >= 0.6 is 11.8 Å². The highest BCUT2D eigenvalue weighted by Crippen LogP contribution is 2.44. The Morgan fingerprint density at radius 2 is 1.68 bits per heavy atom. The number of carbonyl (C=O) groups is 1. The average Bonchev–Trinajstić information content (AvgIpc) is 3.09. The summed E-state index contributed by atoms with van der Waals surface area (Å²) in [5.41, 5.74) is -3.56. The highest BCUT2D eigenvalue weighted by atomic mass is 32.2. The zero-order valence-electron chi connectivity index (χ0n) is 16.3. The van der Waals surface area contributed by atoms with Crippen LogP contribution in [0.2, 0.25) is 0 Å². The standard InChI is InChI=1S/C18H18F6N2O3S2/c1-3-9(2)15(27)25-16-26(13-7-31(28,29)8-14(13)30-16)12-5-10(17(19,20)21)4-11(6-12)18(22,23)24/h4-6,9,13-14H,3,7-8H2,1-2H3/t9-,13+,14+/m0/s1. The summed E-state index contributed by atoms with van der Waals surface area (Å²) in [6.45, 7) is 3.32. The number of alkyl halides is 6. The molecular weight excluding hydrogens is 470 g/mol. The Bertz CT molecular complexity index is 988. The van der Waals surface area contributed by atoms with Gasteiger partial charge in [0.1, 0.15) is 0 Å². The lowest BCUT2D eigenvalue weighted by Crippen LogP contribution is -2.38. The van der Waals surface area contributed by atoms with Crippen LogP contribution in [0, 0.1) is 5.92 Å². The van der Waals surface area contributed by atoms with Crippen molar-refractivity contribution in [3.63, 3.8) is 0 Å². The van der Waals surface area contributed by atoms with Gasteiger partial charge in [0, 0.05) is 16.9 Å². The first-order valence-corrected chi connectivity index (χ1v) is 11.9. The van der Waals surface area contributed by atoms with Crippen LogP contribution in [-0.2, 0) is 27.0 Å². The number of carbonyl (C=O) groups excluding carboxylic acids is 1. The van der Waals surface area contributed by atoms with Gasteiger partial charge in [-0.2, -0.15) is 31.3 Å². The molecular formula is C18H18F6N2O3S2. The van der Waals surface area contributed by atoms with Crippen LogP contribution in [0.4, 0.5) is 32.0 Å². The molecule has 5 nitrogen and oxygen atoms in total. The van der Waals surface area contributed by atoms with Crippen molar-refractivity contribution in [3.05, 3.63) is 29.3 Å². The lowest BCUT2D eigenvalue weighted by Gasteiger charge is -2.26. The molecule has 1 aromatic rings. The predicted octanol–water partition coefficient (Wildman–Crippen LogP) is 4.37. The predicted molar refractivity (Wildman–Crippen MR) is 105 cm³/mol. The summed E-state index contributed by atoms with van der Waals surface area (Å²) >= 11 is 0.883. The Hall–Kier alpha value is -1.76. The Balaban J connectivity index is 2.17. The number of hydrogen-bond donors (Lipinski definition) is 0. The fourth-order valence-electron chi connectivity index (χ4n) is 3.32. The van der Waals surface area contributed by atoms with Gasteiger partial charge in [-0.25, -0.2) is 8.42 Å². The number of anilines is 1. The van der Waals surface area contributed by atoms with Gasteiger partial charge in [-0.3, -0.25) is 4.79 Å². The molecule has 2 fully saturated rings. The monoisotopic (exact) mass is 488 g/mol. The van der Waals surface area contributed by atoms with E-state index in [0.717, 1.165) is 16.7 Å². The van der Waals surface area contributed by atoms with E-state index in [1.165, 1.54) is 0 Å². The van der Waals surface area contributed by atoms with Crippen LogP contribution in [0.25, 0.3) is 0 Å². The summed E-state index contributed by atoms with van der Waals surface area (Å²) in [4.78, 5) is 17.3. The van der Waals surface area contributed by atoms with E-state index in [2.05, 4.69) is 4.99 Å². The van der Waals surface area contributed by atoms with Gasteiger partial charge in [-0.15, -0.1) is 0 Å². The zero-order chi connectivity index (χ0) is 23.4.